The highest BCUT2D eigenvalue weighted by Gasteiger charge is 2.04. The first-order valence-corrected chi connectivity index (χ1v) is 6.99. The maximum atomic E-state index is 7.34. The number of para-hydroxylation sites is 1. The molecular formula is C16H17ClN2O2. The van der Waals surface area contributed by atoms with Gasteiger partial charge in [0.25, 0.3) is 0 Å². The summed E-state index contributed by atoms with van der Waals surface area (Å²) in [6, 6.07) is 14.7. The molecule has 0 radical (unpaired) electrons. The Labute approximate surface area is 129 Å². The van der Waals surface area contributed by atoms with E-state index in [0.717, 1.165) is 12.2 Å². The van der Waals surface area contributed by atoms with Crippen molar-refractivity contribution in [3.8, 4) is 11.5 Å². The molecule has 0 fully saturated rings. The molecule has 2 rings (SSSR count). The molecule has 0 bridgehead atoms. The molecule has 0 aliphatic rings. The first-order valence-electron chi connectivity index (χ1n) is 6.61. The smallest absolute Gasteiger partial charge is 0.137 e. The predicted molar refractivity (Wildman–Crippen MR) is 84.5 cm³/mol. The lowest BCUT2D eigenvalue weighted by molar-refractivity contribution is 0.247. The fourth-order valence-electron chi connectivity index (χ4n) is 1.73. The highest BCUT2D eigenvalue weighted by Crippen LogP contribution is 2.25. The number of halogens is 1. The Hall–Kier alpha value is -2.20. The van der Waals surface area contributed by atoms with E-state index in [1.165, 1.54) is 0 Å². The topological polar surface area (TPSA) is 68.3 Å². The number of benzene rings is 2. The zero-order chi connectivity index (χ0) is 15.1. The Balaban J connectivity index is 1.75. The van der Waals surface area contributed by atoms with E-state index < -0.39 is 0 Å². The van der Waals surface area contributed by atoms with E-state index in [9.17, 15) is 0 Å². The van der Waals surface area contributed by atoms with E-state index in [4.69, 9.17) is 32.2 Å². The lowest BCUT2D eigenvalue weighted by atomic mass is 10.2. The SMILES string of the molecule is N=C(N)c1ccc(OCCCOc2ccccc2)c(Cl)c1. The van der Waals surface area contributed by atoms with Crippen LogP contribution in [-0.4, -0.2) is 19.0 Å². The Bertz CT molecular complexity index is 602. The van der Waals surface area contributed by atoms with Gasteiger partial charge in [0.05, 0.1) is 18.2 Å². The van der Waals surface area contributed by atoms with Crippen LogP contribution >= 0.6 is 11.6 Å². The van der Waals surface area contributed by atoms with Gasteiger partial charge in [-0.25, -0.2) is 0 Å². The summed E-state index contributed by atoms with van der Waals surface area (Å²) in [6.45, 7) is 1.08. The molecule has 110 valence electrons. The fourth-order valence-corrected chi connectivity index (χ4v) is 1.97. The maximum absolute atomic E-state index is 7.34. The summed E-state index contributed by atoms with van der Waals surface area (Å²) in [5, 5.41) is 7.79. The van der Waals surface area contributed by atoms with Crippen LogP contribution in [-0.2, 0) is 0 Å². The van der Waals surface area contributed by atoms with Gasteiger partial charge in [-0.3, -0.25) is 5.41 Å². The van der Waals surface area contributed by atoms with E-state index in [-0.39, 0.29) is 5.84 Å². The molecular weight excluding hydrogens is 288 g/mol. The van der Waals surface area contributed by atoms with Crippen LogP contribution in [0, 0.1) is 5.41 Å². The van der Waals surface area contributed by atoms with Gasteiger partial charge in [-0.05, 0) is 30.3 Å². The highest BCUT2D eigenvalue weighted by atomic mass is 35.5. The lowest BCUT2D eigenvalue weighted by Gasteiger charge is -2.10. The molecule has 0 aromatic heterocycles. The Morgan fingerprint density at radius 1 is 1.05 bits per heavy atom. The number of amidine groups is 1. The van der Waals surface area contributed by atoms with Crippen LogP contribution in [0.4, 0.5) is 0 Å². The van der Waals surface area contributed by atoms with Crippen molar-refractivity contribution in [1.82, 2.24) is 0 Å². The molecule has 0 saturated carbocycles. The molecule has 0 aliphatic heterocycles. The van der Waals surface area contributed by atoms with E-state index in [2.05, 4.69) is 0 Å². The van der Waals surface area contributed by atoms with Crippen LogP contribution in [0.5, 0.6) is 11.5 Å². The van der Waals surface area contributed by atoms with E-state index in [0.29, 0.717) is 29.5 Å². The van der Waals surface area contributed by atoms with Crippen molar-refractivity contribution in [2.75, 3.05) is 13.2 Å². The van der Waals surface area contributed by atoms with Gasteiger partial charge in [-0.15, -0.1) is 0 Å². The summed E-state index contributed by atoms with van der Waals surface area (Å²) in [6.07, 6.45) is 0.750. The van der Waals surface area contributed by atoms with Crippen molar-refractivity contribution in [2.45, 2.75) is 6.42 Å². The van der Waals surface area contributed by atoms with Crippen molar-refractivity contribution in [2.24, 2.45) is 5.73 Å². The van der Waals surface area contributed by atoms with E-state index in [1.54, 1.807) is 18.2 Å². The molecule has 0 spiro atoms. The first-order chi connectivity index (χ1) is 10.2. The molecule has 2 aromatic rings. The second-order valence-corrected chi connectivity index (χ2v) is 4.83. The summed E-state index contributed by atoms with van der Waals surface area (Å²) < 4.78 is 11.2. The van der Waals surface area contributed by atoms with Crippen LogP contribution in [0.25, 0.3) is 0 Å². The third-order valence-corrected chi connectivity index (χ3v) is 3.10. The number of nitrogens with two attached hydrogens (primary N) is 1. The van der Waals surface area contributed by atoms with Gasteiger partial charge in [-0.2, -0.15) is 0 Å². The van der Waals surface area contributed by atoms with Crippen LogP contribution in [0.3, 0.4) is 0 Å². The zero-order valence-corrected chi connectivity index (χ0v) is 12.3. The number of rotatable bonds is 7. The van der Waals surface area contributed by atoms with Crippen LogP contribution in [0.2, 0.25) is 5.02 Å². The normalized spacial score (nSPS) is 10.1. The molecule has 4 nitrogen and oxygen atoms in total. The quantitative estimate of drug-likeness (QED) is 0.467. The minimum atomic E-state index is -0.0142. The minimum absolute atomic E-state index is 0.0142. The summed E-state index contributed by atoms with van der Waals surface area (Å²) in [7, 11) is 0. The number of hydrogen-bond donors (Lipinski definition) is 2. The van der Waals surface area contributed by atoms with E-state index >= 15 is 0 Å². The molecule has 0 aliphatic carbocycles. The molecule has 3 N–H and O–H groups in total. The highest BCUT2D eigenvalue weighted by molar-refractivity contribution is 6.32. The fraction of sp³-hybridized carbons (Fsp3) is 0.188. The molecule has 21 heavy (non-hydrogen) atoms. The Morgan fingerprint density at radius 3 is 2.43 bits per heavy atom. The molecule has 0 atom stereocenters. The van der Waals surface area contributed by atoms with Gasteiger partial charge in [0.15, 0.2) is 0 Å². The van der Waals surface area contributed by atoms with Gasteiger partial charge in [0.2, 0.25) is 0 Å². The largest absolute Gasteiger partial charge is 0.493 e. The van der Waals surface area contributed by atoms with Crippen molar-refractivity contribution in [3.05, 3.63) is 59.1 Å². The monoisotopic (exact) mass is 304 g/mol. The van der Waals surface area contributed by atoms with Gasteiger partial charge in [0, 0.05) is 12.0 Å². The van der Waals surface area contributed by atoms with E-state index in [1.807, 2.05) is 30.3 Å². The summed E-state index contributed by atoms with van der Waals surface area (Å²) in [5.74, 6) is 1.42. The third kappa shape index (κ3) is 4.68. The molecule has 0 heterocycles. The van der Waals surface area contributed by atoms with Gasteiger partial charge >= 0.3 is 0 Å². The first kappa shape index (κ1) is 15.2. The van der Waals surface area contributed by atoms with Crippen molar-refractivity contribution in [3.63, 3.8) is 0 Å². The third-order valence-electron chi connectivity index (χ3n) is 2.80. The molecule has 0 saturated heterocycles. The predicted octanol–water partition coefficient (Wildman–Crippen LogP) is 3.47. The average Bonchev–Trinajstić information content (AvgIpc) is 2.49. The van der Waals surface area contributed by atoms with Gasteiger partial charge in [-0.1, -0.05) is 29.8 Å². The Kier molecular flexibility index (Phi) is 5.46. The average molecular weight is 305 g/mol. The molecule has 2 aromatic carbocycles. The zero-order valence-electron chi connectivity index (χ0n) is 11.5. The molecule has 0 unspecified atom stereocenters. The molecule has 0 amide bonds. The number of ether oxygens (including phenoxy) is 2. The summed E-state index contributed by atoms with van der Waals surface area (Å²) in [4.78, 5) is 0. The van der Waals surface area contributed by atoms with Crippen LogP contribution in [0.15, 0.2) is 48.5 Å². The maximum Gasteiger partial charge on any atom is 0.137 e. The van der Waals surface area contributed by atoms with Crippen molar-refractivity contribution >= 4 is 17.4 Å². The number of nitrogen functional groups attached to an aromatic ring is 1. The van der Waals surface area contributed by atoms with Gasteiger partial charge in [0.1, 0.15) is 17.3 Å². The summed E-state index contributed by atoms with van der Waals surface area (Å²) in [5.41, 5.74) is 5.98. The number of hydrogen-bond acceptors (Lipinski definition) is 3. The number of nitrogens with one attached hydrogen (secondary N) is 1. The molecule has 5 heteroatoms. The lowest BCUT2D eigenvalue weighted by Crippen LogP contribution is -2.11. The standard InChI is InChI=1S/C16H17ClN2O2/c17-14-11-12(16(18)19)7-8-15(14)21-10-4-9-20-13-5-2-1-3-6-13/h1-3,5-8,11H,4,9-10H2,(H3,18,19). The van der Waals surface area contributed by atoms with Crippen molar-refractivity contribution in [1.29, 1.82) is 5.41 Å². The summed E-state index contributed by atoms with van der Waals surface area (Å²) >= 11 is 6.07. The minimum Gasteiger partial charge on any atom is -0.493 e. The van der Waals surface area contributed by atoms with Crippen LogP contribution in [0.1, 0.15) is 12.0 Å². The second kappa shape index (κ2) is 7.55. The van der Waals surface area contributed by atoms with Crippen LogP contribution < -0.4 is 15.2 Å². The second-order valence-electron chi connectivity index (χ2n) is 4.42. The Morgan fingerprint density at radius 2 is 1.76 bits per heavy atom. The van der Waals surface area contributed by atoms with Crippen molar-refractivity contribution < 1.29 is 9.47 Å². The van der Waals surface area contributed by atoms with Gasteiger partial charge < -0.3 is 15.2 Å².